The monoisotopic (exact) mass is 348 g/mol. The number of nitrogens with one attached hydrogen (secondary N) is 2. The van der Waals surface area contributed by atoms with Gasteiger partial charge in [-0.2, -0.15) is 0 Å². The van der Waals surface area contributed by atoms with Gasteiger partial charge in [-0.3, -0.25) is 9.59 Å². The lowest BCUT2D eigenvalue weighted by Crippen LogP contribution is -2.14. The number of benzene rings is 1. The zero-order chi connectivity index (χ0) is 18.8. The summed E-state index contributed by atoms with van der Waals surface area (Å²) in [7, 11) is 0. The number of Topliss-reactive ketones (excluding diaryl/α,β-unsaturated/α-hetero) is 1. The van der Waals surface area contributed by atoms with Gasteiger partial charge in [-0.25, -0.2) is 9.97 Å². The molecule has 0 aliphatic carbocycles. The summed E-state index contributed by atoms with van der Waals surface area (Å²) < 4.78 is 0. The molecule has 132 valence electrons. The van der Waals surface area contributed by atoms with Crippen molar-refractivity contribution in [3.63, 3.8) is 0 Å². The van der Waals surface area contributed by atoms with Gasteiger partial charge in [0.1, 0.15) is 11.5 Å². The number of nitrogens with zero attached hydrogens (tertiary/aromatic N) is 2. The maximum atomic E-state index is 12.6. The molecule has 0 saturated carbocycles. The molecule has 26 heavy (non-hydrogen) atoms. The number of hydrogen-bond acceptors (Lipinski definition) is 4. The molecule has 1 amide bonds. The molecule has 0 spiro atoms. The SMILES string of the molecule is CC(=O)c1c(C)[nH]c(C(=O)Nc2cccc(-c3ccnc(C)n3)c2)c1C. The molecular formula is C20H20N4O2. The summed E-state index contributed by atoms with van der Waals surface area (Å²) in [5.41, 5.74) is 4.66. The third kappa shape index (κ3) is 3.39. The number of rotatable bonds is 4. The Morgan fingerprint density at radius 1 is 1.12 bits per heavy atom. The van der Waals surface area contributed by atoms with Gasteiger partial charge >= 0.3 is 0 Å². The third-order valence-electron chi connectivity index (χ3n) is 4.21. The number of anilines is 1. The highest BCUT2D eigenvalue weighted by molar-refractivity contribution is 6.07. The minimum Gasteiger partial charge on any atom is -0.354 e. The van der Waals surface area contributed by atoms with E-state index >= 15 is 0 Å². The number of carbonyl (C=O) groups excluding carboxylic acids is 2. The van der Waals surface area contributed by atoms with Gasteiger partial charge in [0.15, 0.2) is 5.78 Å². The van der Waals surface area contributed by atoms with Gasteiger partial charge in [-0.1, -0.05) is 12.1 Å². The summed E-state index contributed by atoms with van der Waals surface area (Å²) in [5.74, 6) is 0.344. The van der Waals surface area contributed by atoms with Crippen LogP contribution in [0, 0.1) is 20.8 Å². The topological polar surface area (TPSA) is 87.7 Å². The van der Waals surface area contributed by atoms with Crippen LogP contribution >= 0.6 is 0 Å². The third-order valence-corrected chi connectivity index (χ3v) is 4.21. The number of ketones is 1. The van der Waals surface area contributed by atoms with E-state index in [-0.39, 0.29) is 11.7 Å². The fraction of sp³-hybridized carbons (Fsp3) is 0.200. The highest BCUT2D eigenvalue weighted by atomic mass is 16.2. The van der Waals surface area contributed by atoms with E-state index < -0.39 is 0 Å². The molecule has 0 aliphatic rings. The molecule has 0 saturated heterocycles. The molecule has 0 unspecified atom stereocenters. The average Bonchev–Trinajstić information content (AvgIpc) is 2.90. The largest absolute Gasteiger partial charge is 0.354 e. The summed E-state index contributed by atoms with van der Waals surface area (Å²) in [6.07, 6.45) is 1.71. The molecule has 0 radical (unpaired) electrons. The molecule has 6 heteroatoms. The van der Waals surface area contributed by atoms with Crippen molar-refractivity contribution in [2.75, 3.05) is 5.32 Å². The van der Waals surface area contributed by atoms with Crippen molar-refractivity contribution in [3.05, 3.63) is 64.9 Å². The predicted molar refractivity (Wildman–Crippen MR) is 100 cm³/mol. The molecule has 2 heterocycles. The Balaban J connectivity index is 1.88. The van der Waals surface area contributed by atoms with Crippen molar-refractivity contribution >= 4 is 17.4 Å². The molecule has 1 aromatic carbocycles. The zero-order valence-corrected chi connectivity index (χ0v) is 15.2. The Morgan fingerprint density at radius 3 is 2.54 bits per heavy atom. The van der Waals surface area contributed by atoms with Crippen LogP contribution in [0.4, 0.5) is 5.69 Å². The summed E-state index contributed by atoms with van der Waals surface area (Å²) in [6, 6.07) is 9.28. The van der Waals surface area contributed by atoms with Crippen LogP contribution in [0.3, 0.4) is 0 Å². The molecule has 3 aromatic rings. The number of carbonyl (C=O) groups is 2. The minimum absolute atomic E-state index is 0.0589. The Labute approximate surface area is 151 Å². The van der Waals surface area contributed by atoms with Crippen molar-refractivity contribution in [1.82, 2.24) is 15.0 Å². The van der Waals surface area contributed by atoms with Gasteiger partial charge in [-0.05, 0) is 51.5 Å². The first-order chi connectivity index (χ1) is 12.4. The van der Waals surface area contributed by atoms with Crippen LogP contribution in [0.1, 0.15) is 44.9 Å². The second kappa shape index (κ2) is 6.92. The van der Waals surface area contributed by atoms with E-state index in [2.05, 4.69) is 20.3 Å². The van der Waals surface area contributed by atoms with E-state index in [9.17, 15) is 9.59 Å². The number of H-pyrrole nitrogens is 1. The van der Waals surface area contributed by atoms with E-state index in [1.807, 2.05) is 37.3 Å². The van der Waals surface area contributed by atoms with Gasteiger partial charge in [0.25, 0.3) is 5.91 Å². The van der Waals surface area contributed by atoms with E-state index in [1.165, 1.54) is 6.92 Å². The number of hydrogen-bond donors (Lipinski definition) is 2. The lowest BCUT2D eigenvalue weighted by Gasteiger charge is -2.08. The fourth-order valence-electron chi connectivity index (χ4n) is 3.07. The van der Waals surface area contributed by atoms with Gasteiger partial charge < -0.3 is 10.3 Å². The van der Waals surface area contributed by atoms with Crippen LogP contribution in [-0.2, 0) is 0 Å². The molecule has 0 fully saturated rings. The number of aromatic nitrogens is 3. The van der Waals surface area contributed by atoms with Crippen LogP contribution in [0.25, 0.3) is 11.3 Å². The Hall–Kier alpha value is -3.28. The molecule has 3 rings (SSSR count). The molecular weight excluding hydrogens is 328 g/mol. The summed E-state index contributed by atoms with van der Waals surface area (Å²) >= 11 is 0. The van der Waals surface area contributed by atoms with Crippen LogP contribution < -0.4 is 5.32 Å². The molecule has 0 atom stereocenters. The molecule has 6 nitrogen and oxygen atoms in total. The van der Waals surface area contributed by atoms with Crippen LogP contribution in [0.15, 0.2) is 36.5 Å². The maximum Gasteiger partial charge on any atom is 0.272 e. The quantitative estimate of drug-likeness (QED) is 0.701. The smallest absolute Gasteiger partial charge is 0.272 e. The molecule has 2 N–H and O–H groups in total. The van der Waals surface area contributed by atoms with E-state index in [0.29, 0.717) is 34.0 Å². The van der Waals surface area contributed by atoms with Gasteiger partial charge in [0.05, 0.1) is 5.69 Å². The Kier molecular flexibility index (Phi) is 4.67. The second-order valence-corrected chi connectivity index (χ2v) is 6.21. The van der Waals surface area contributed by atoms with Gasteiger partial charge in [0.2, 0.25) is 0 Å². The average molecular weight is 348 g/mol. The van der Waals surface area contributed by atoms with Gasteiger partial charge in [0, 0.05) is 28.7 Å². The normalized spacial score (nSPS) is 10.6. The lowest BCUT2D eigenvalue weighted by molar-refractivity contribution is 0.101. The Morgan fingerprint density at radius 2 is 1.88 bits per heavy atom. The number of aryl methyl sites for hydroxylation is 2. The summed E-state index contributed by atoms with van der Waals surface area (Å²) in [4.78, 5) is 35.9. The lowest BCUT2D eigenvalue weighted by atomic mass is 10.1. The van der Waals surface area contributed by atoms with Crippen molar-refractivity contribution < 1.29 is 9.59 Å². The highest BCUT2D eigenvalue weighted by Crippen LogP contribution is 2.23. The zero-order valence-electron chi connectivity index (χ0n) is 15.2. The van der Waals surface area contributed by atoms with Crippen molar-refractivity contribution in [2.45, 2.75) is 27.7 Å². The number of aromatic amines is 1. The Bertz CT molecular complexity index is 1000. The highest BCUT2D eigenvalue weighted by Gasteiger charge is 2.19. The second-order valence-electron chi connectivity index (χ2n) is 6.21. The fourth-order valence-corrected chi connectivity index (χ4v) is 3.07. The van der Waals surface area contributed by atoms with E-state index in [1.54, 1.807) is 20.0 Å². The maximum absolute atomic E-state index is 12.6. The van der Waals surface area contributed by atoms with Crippen molar-refractivity contribution in [1.29, 1.82) is 0 Å². The number of amides is 1. The standard InChI is InChI=1S/C20H20N4O2/c1-11-18(13(3)25)12(2)22-19(11)20(26)24-16-7-5-6-15(10-16)17-8-9-21-14(4)23-17/h5-10,22H,1-4H3,(H,24,26). The van der Waals surface area contributed by atoms with Crippen LogP contribution in [-0.4, -0.2) is 26.6 Å². The van der Waals surface area contributed by atoms with Gasteiger partial charge in [-0.15, -0.1) is 0 Å². The van der Waals surface area contributed by atoms with Crippen LogP contribution in [0.5, 0.6) is 0 Å². The van der Waals surface area contributed by atoms with Crippen LogP contribution in [0.2, 0.25) is 0 Å². The first-order valence-electron chi connectivity index (χ1n) is 8.28. The van der Waals surface area contributed by atoms with Crippen molar-refractivity contribution in [3.8, 4) is 11.3 Å². The van der Waals surface area contributed by atoms with E-state index in [4.69, 9.17) is 0 Å². The summed E-state index contributed by atoms with van der Waals surface area (Å²) in [5, 5.41) is 2.88. The molecule has 2 aromatic heterocycles. The van der Waals surface area contributed by atoms with Crippen molar-refractivity contribution in [2.24, 2.45) is 0 Å². The molecule has 0 aliphatic heterocycles. The minimum atomic E-state index is -0.283. The first kappa shape index (κ1) is 17.5. The van der Waals surface area contributed by atoms with E-state index in [0.717, 1.165) is 11.3 Å². The first-order valence-corrected chi connectivity index (χ1v) is 8.28. The molecule has 0 bridgehead atoms. The predicted octanol–water partition coefficient (Wildman–Crippen LogP) is 3.85. The summed E-state index contributed by atoms with van der Waals surface area (Å²) in [6.45, 7) is 6.89.